The summed E-state index contributed by atoms with van der Waals surface area (Å²) in [6.45, 7) is 4.29. The summed E-state index contributed by atoms with van der Waals surface area (Å²) < 4.78 is 20.3. The highest BCUT2D eigenvalue weighted by atomic mass is 35.5. The summed E-state index contributed by atoms with van der Waals surface area (Å²) in [5, 5.41) is 10.6. The molecule has 0 bridgehead atoms. The summed E-state index contributed by atoms with van der Waals surface area (Å²) >= 11 is 5.89. The van der Waals surface area contributed by atoms with Gasteiger partial charge in [-0.2, -0.15) is 0 Å². The van der Waals surface area contributed by atoms with Crippen LogP contribution in [0.25, 0.3) is 0 Å². The molecule has 8 nitrogen and oxygen atoms in total. The van der Waals surface area contributed by atoms with E-state index in [1.165, 1.54) is 33.6 Å². The number of pyridine rings is 1. The number of amides is 2. The summed E-state index contributed by atoms with van der Waals surface area (Å²) in [5.41, 5.74) is 0.00931. The fourth-order valence-electron chi connectivity index (χ4n) is 4.60. The van der Waals surface area contributed by atoms with E-state index < -0.39 is 34.7 Å². The number of methoxy groups -OCH3 is 1. The van der Waals surface area contributed by atoms with Crippen LogP contribution < -0.4 is 10.3 Å². The van der Waals surface area contributed by atoms with Gasteiger partial charge in [0, 0.05) is 44.2 Å². The molecule has 2 aliphatic rings. The maximum Gasteiger partial charge on any atom is 0.294 e. The minimum absolute atomic E-state index is 0.0435. The van der Waals surface area contributed by atoms with Crippen LogP contribution in [-0.4, -0.2) is 64.6 Å². The lowest BCUT2D eigenvalue weighted by Crippen LogP contribution is -2.51. The summed E-state index contributed by atoms with van der Waals surface area (Å²) in [5.74, 6) is -1.57. The Labute approximate surface area is 201 Å². The third-order valence-corrected chi connectivity index (χ3v) is 6.97. The van der Waals surface area contributed by atoms with Gasteiger partial charge in [-0.25, -0.2) is 4.39 Å². The molecule has 34 heavy (non-hydrogen) atoms. The molecule has 3 heterocycles. The molecule has 1 atom stereocenters. The highest BCUT2D eigenvalue weighted by Crippen LogP contribution is 2.34. The molecule has 0 radical (unpaired) electrons. The van der Waals surface area contributed by atoms with Gasteiger partial charge in [0.2, 0.25) is 0 Å². The van der Waals surface area contributed by atoms with E-state index in [0.29, 0.717) is 17.5 Å². The normalized spacial score (nSPS) is 19.9. The first-order chi connectivity index (χ1) is 16.0. The van der Waals surface area contributed by atoms with Gasteiger partial charge in [-0.05, 0) is 24.1 Å². The van der Waals surface area contributed by atoms with Crippen LogP contribution in [0.15, 0.2) is 23.0 Å². The van der Waals surface area contributed by atoms with E-state index in [1.54, 1.807) is 13.1 Å². The fraction of sp³-hybridized carbons (Fsp3) is 0.458. The Morgan fingerprint density at radius 1 is 1.24 bits per heavy atom. The zero-order valence-corrected chi connectivity index (χ0v) is 20.3. The molecule has 182 valence electrons. The van der Waals surface area contributed by atoms with E-state index in [4.69, 9.17) is 16.3 Å². The van der Waals surface area contributed by atoms with Gasteiger partial charge in [-0.15, -0.1) is 0 Å². The number of aromatic nitrogens is 1. The van der Waals surface area contributed by atoms with Crippen LogP contribution in [0, 0.1) is 11.2 Å². The van der Waals surface area contributed by atoms with E-state index in [0.717, 1.165) is 0 Å². The number of likely N-dealkylation sites (N-methyl/N-ethyl adjacent to an activating group) is 1. The average Bonchev–Trinajstić information content (AvgIpc) is 2.78. The first-order valence-electron chi connectivity index (χ1n) is 11.0. The van der Waals surface area contributed by atoms with Crippen molar-refractivity contribution in [1.29, 1.82) is 0 Å². The lowest BCUT2D eigenvalue weighted by atomic mass is 9.84. The molecule has 0 saturated carbocycles. The van der Waals surface area contributed by atoms with E-state index in [1.807, 2.05) is 13.8 Å². The van der Waals surface area contributed by atoms with Gasteiger partial charge in [0.25, 0.3) is 17.4 Å². The van der Waals surface area contributed by atoms with Crippen LogP contribution in [0.3, 0.4) is 0 Å². The van der Waals surface area contributed by atoms with Crippen LogP contribution in [0.5, 0.6) is 5.75 Å². The third kappa shape index (κ3) is 3.96. The van der Waals surface area contributed by atoms with E-state index >= 15 is 0 Å². The number of fused-ring (bicyclic) bond motifs is 3. The Kier molecular flexibility index (Phi) is 6.20. The Hall–Kier alpha value is -2.91. The average molecular weight is 492 g/mol. The Balaban J connectivity index is 1.85. The summed E-state index contributed by atoms with van der Waals surface area (Å²) in [6.07, 6.45) is -0.520. The van der Waals surface area contributed by atoms with Crippen molar-refractivity contribution >= 4 is 23.4 Å². The van der Waals surface area contributed by atoms with Crippen LogP contribution in [-0.2, 0) is 19.5 Å². The minimum atomic E-state index is -0.844. The van der Waals surface area contributed by atoms with Gasteiger partial charge in [0.1, 0.15) is 11.5 Å². The molecule has 0 spiro atoms. The van der Waals surface area contributed by atoms with Crippen molar-refractivity contribution in [2.75, 3.05) is 27.2 Å². The van der Waals surface area contributed by atoms with Gasteiger partial charge in [-0.1, -0.05) is 31.5 Å². The van der Waals surface area contributed by atoms with Crippen molar-refractivity contribution < 1.29 is 23.8 Å². The van der Waals surface area contributed by atoms with Gasteiger partial charge < -0.3 is 19.6 Å². The zero-order chi connectivity index (χ0) is 24.9. The van der Waals surface area contributed by atoms with Gasteiger partial charge >= 0.3 is 0 Å². The highest BCUT2D eigenvalue weighted by molar-refractivity contribution is 6.30. The second kappa shape index (κ2) is 8.70. The predicted molar refractivity (Wildman–Crippen MR) is 124 cm³/mol. The molecular formula is C24H27ClFN3O5. The van der Waals surface area contributed by atoms with Crippen molar-refractivity contribution in [3.63, 3.8) is 0 Å². The lowest BCUT2D eigenvalue weighted by Gasteiger charge is -2.39. The number of halogens is 2. The largest absolute Gasteiger partial charge is 0.490 e. The topological polar surface area (TPSA) is 92.1 Å². The Morgan fingerprint density at radius 3 is 2.59 bits per heavy atom. The predicted octanol–water partition coefficient (Wildman–Crippen LogP) is 2.32. The van der Waals surface area contributed by atoms with Crippen LogP contribution in [0.2, 0.25) is 5.02 Å². The number of carbonyl (C=O) groups excluding carboxylic acids is 2. The Morgan fingerprint density at radius 2 is 1.94 bits per heavy atom. The zero-order valence-electron chi connectivity index (χ0n) is 19.5. The molecule has 10 heteroatoms. The lowest BCUT2D eigenvalue weighted by molar-refractivity contribution is 0.00648. The minimum Gasteiger partial charge on any atom is -0.490 e. The number of benzene rings is 1. The number of aliphatic hydroxyl groups is 1. The molecule has 2 amide bonds. The van der Waals surface area contributed by atoms with Gasteiger partial charge in [0.05, 0.1) is 23.8 Å². The molecule has 0 fully saturated rings. The molecule has 0 saturated heterocycles. The molecule has 2 aliphatic heterocycles. The molecule has 4 rings (SSSR count). The first-order valence-corrected chi connectivity index (χ1v) is 11.3. The number of ether oxygens (including phenoxy) is 1. The number of β-amino-alcohol motifs (C(OH)–C–C–N with tert-alkyl or cyclic N) is 1. The molecule has 1 aromatic carbocycles. The van der Waals surface area contributed by atoms with E-state index in [9.17, 15) is 23.9 Å². The quantitative estimate of drug-likeness (QED) is 0.711. The van der Waals surface area contributed by atoms with Crippen molar-refractivity contribution in [3.05, 3.63) is 61.8 Å². The second-order valence-corrected chi connectivity index (χ2v) is 9.95. The van der Waals surface area contributed by atoms with Crippen molar-refractivity contribution in [2.24, 2.45) is 5.41 Å². The summed E-state index contributed by atoms with van der Waals surface area (Å²) in [4.78, 5) is 43.3. The van der Waals surface area contributed by atoms with E-state index in [2.05, 4.69) is 0 Å². The fourth-order valence-corrected chi connectivity index (χ4v) is 4.81. The third-order valence-electron chi connectivity index (χ3n) is 6.68. The maximum atomic E-state index is 13.5. The number of hydrogen-bond acceptors (Lipinski definition) is 5. The SMILES string of the molecule is COc1c2c(c3n(c1=O)CC(C)(C)[C@@H](O)CN(C)C3=O)CCN(Cc1ccc(F)c(Cl)c1)C2=O. The molecule has 0 aliphatic carbocycles. The van der Waals surface area contributed by atoms with Crippen molar-refractivity contribution in [2.45, 2.75) is 39.5 Å². The van der Waals surface area contributed by atoms with Gasteiger partial charge in [0.15, 0.2) is 5.75 Å². The monoisotopic (exact) mass is 491 g/mol. The maximum absolute atomic E-state index is 13.5. The molecule has 1 N–H and O–H groups in total. The number of aliphatic hydroxyl groups excluding tert-OH is 1. The van der Waals surface area contributed by atoms with Crippen LogP contribution in [0.1, 0.15) is 45.8 Å². The molecule has 0 unspecified atom stereocenters. The second-order valence-electron chi connectivity index (χ2n) is 9.54. The highest BCUT2D eigenvalue weighted by Gasteiger charge is 2.41. The number of carbonyl (C=O) groups is 2. The first kappa shape index (κ1) is 24.2. The number of rotatable bonds is 3. The Bertz CT molecular complexity index is 1240. The molecule has 2 aromatic rings. The van der Waals surface area contributed by atoms with Crippen molar-refractivity contribution in [1.82, 2.24) is 14.4 Å². The van der Waals surface area contributed by atoms with Crippen LogP contribution in [0.4, 0.5) is 4.39 Å². The smallest absolute Gasteiger partial charge is 0.294 e. The summed E-state index contributed by atoms with van der Waals surface area (Å²) in [6, 6.07) is 4.24. The van der Waals surface area contributed by atoms with Crippen LogP contribution >= 0.6 is 11.6 Å². The summed E-state index contributed by atoms with van der Waals surface area (Å²) in [7, 11) is 2.88. The number of nitrogens with zero attached hydrogens (tertiary/aromatic N) is 3. The number of hydrogen-bond donors (Lipinski definition) is 1. The van der Waals surface area contributed by atoms with Crippen molar-refractivity contribution in [3.8, 4) is 5.75 Å². The standard InChI is InChI=1S/C24H27ClFN3O5/c1-24(2)12-29-19(22(32)27(3)11-17(24)30)14-7-8-28(10-13-5-6-16(26)15(25)9-13)21(31)18(14)20(34-4)23(29)33/h5-6,9,17,30H,7-8,10-12H2,1-4H3/t17-/m0/s1. The van der Waals surface area contributed by atoms with E-state index in [-0.39, 0.29) is 48.2 Å². The van der Waals surface area contributed by atoms with Gasteiger partial charge in [-0.3, -0.25) is 19.0 Å². The molecule has 1 aromatic heterocycles. The molecular weight excluding hydrogens is 465 g/mol.